The van der Waals surface area contributed by atoms with Gasteiger partial charge in [-0.3, -0.25) is 9.59 Å². The van der Waals surface area contributed by atoms with Crippen LogP contribution in [0, 0.1) is 19.8 Å². The number of carbonyl (C=O) groups excluding carboxylic acids is 2. The first-order valence-corrected chi connectivity index (χ1v) is 11.5. The molecular weight excluding hydrogens is 465 g/mol. The fourth-order valence-electron chi connectivity index (χ4n) is 2.45. The molecule has 2 N–H and O–H groups in total. The minimum absolute atomic E-state index is 0.0214. The van der Waals surface area contributed by atoms with Gasteiger partial charge in [-0.05, 0) is 38.0 Å². The van der Waals surface area contributed by atoms with Crippen molar-refractivity contribution in [2.75, 3.05) is 11.9 Å². The van der Waals surface area contributed by atoms with E-state index in [0.717, 1.165) is 5.56 Å². The van der Waals surface area contributed by atoms with Gasteiger partial charge in [0.05, 0.1) is 20.6 Å². The van der Waals surface area contributed by atoms with E-state index >= 15 is 0 Å². The van der Waals surface area contributed by atoms with E-state index in [4.69, 9.17) is 27.9 Å². The number of rotatable bonds is 8. The number of aryl methyl sites for hydroxylation is 2. The molecule has 0 fully saturated rings. The first-order valence-electron chi connectivity index (χ1n) is 9.29. The third-order valence-electron chi connectivity index (χ3n) is 4.24. The van der Waals surface area contributed by atoms with Crippen LogP contribution >= 0.6 is 23.2 Å². The van der Waals surface area contributed by atoms with Crippen molar-refractivity contribution in [1.82, 2.24) is 9.71 Å². The van der Waals surface area contributed by atoms with E-state index in [2.05, 4.69) is 15.0 Å². The summed E-state index contributed by atoms with van der Waals surface area (Å²) < 4.78 is 32.6. The summed E-state index contributed by atoms with van der Waals surface area (Å²) in [6, 6.07) is 6.44. The fourth-order valence-corrected chi connectivity index (χ4v) is 4.19. The molecule has 8 nitrogen and oxygen atoms in total. The second kappa shape index (κ2) is 10.4. The SMILES string of the molecule is Cc1ccc(S(=O)(=O)N[C@H](C(=O)OCC(=O)Nc2nc(C)c(Cl)cc2Cl)C(C)C)cc1. The summed E-state index contributed by atoms with van der Waals surface area (Å²) in [5, 5.41) is 2.89. The predicted molar refractivity (Wildman–Crippen MR) is 119 cm³/mol. The first-order chi connectivity index (χ1) is 14.4. The Morgan fingerprint density at radius 1 is 1.10 bits per heavy atom. The zero-order chi connectivity index (χ0) is 23.3. The molecule has 1 aromatic carbocycles. The van der Waals surface area contributed by atoms with Gasteiger partial charge in [0.25, 0.3) is 5.91 Å². The number of hydrogen-bond donors (Lipinski definition) is 2. The Bertz CT molecular complexity index is 1070. The summed E-state index contributed by atoms with van der Waals surface area (Å²) in [4.78, 5) is 28.7. The number of pyridine rings is 1. The molecule has 2 aromatic rings. The Morgan fingerprint density at radius 2 is 1.71 bits per heavy atom. The predicted octanol–water partition coefficient (Wildman–Crippen LogP) is 3.49. The molecule has 0 saturated heterocycles. The van der Waals surface area contributed by atoms with E-state index in [-0.39, 0.29) is 15.7 Å². The van der Waals surface area contributed by atoms with Crippen LogP contribution in [0.5, 0.6) is 0 Å². The molecule has 0 radical (unpaired) electrons. The summed E-state index contributed by atoms with van der Waals surface area (Å²) in [5.41, 5.74) is 1.36. The summed E-state index contributed by atoms with van der Waals surface area (Å²) >= 11 is 11.9. The minimum atomic E-state index is -3.96. The number of nitrogens with zero attached hydrogens (tertiary/aromatic N) is 1. The average molecular weight is 488 g/mol. The Morgan fingerprint density at radius 3 is 2.29 bits per heavy atom. The molecule has 0 spiro atoms. The molecule has 1 heterocycles. The quantitative estimate of drug-likeness (QED) is 0.550. The molecule has 0 aliphatic rings. The van der Waals surface area contributed by atoms with E-state index in [9.17, 15) is 18.0 Å². The zero-order valence-corrected chi connectivity index (χ0v) is 19.7. The molecule has 168 valence electrons. The number of hydrogen-bond acceptors (Lipinski definition) is 6. The van der Waals surface area contributed by atoms with Crippen LogP contribution in [-0.2, 0) is 24.3 Å². The number of aromatic nitrogens is 1. The lowest BCUT2D eigenvalue weighted by Gasteiger charge is -2.20. The lowest BCUT2D eigenvalue weighted by Crippen LogP contribution is -2.45. The number of benzene rings is 1. The molecule has 0 saturated carbocycles. The van der Waals surface area contributed by atoms with Gasteiger partial charge in [0.2, 0.25) is 10.0 Å². The van der Waals surface area contributed by atoms with Crippen molar-refractivity contribution in [2.45, 2.75) is 38.6 Å². The van der Waals surface area contributed by atoms with Gasteiger partial charge in [-0.1, -0.05) is 54.7 Å². The van der Waals surface area contributed by atoms with E-state index in [1.807, 2.05) is 6.92 Å². The number of esters is 1. The number of carbonyl (C=O) groups is 2. The molecule has 0 aliphatic carbocycles. The van der Waals surface area contributed by atoms with Crippen LogP contribution < -0.4 is 10.0 Å². The lowest BCUT2D eigenvalue weighted by atomic mass is 10.1. The molecule has 1 amide bonds. The second-order valence-electron chi connectivity index (χ2n) is 7.20. The molecular formula is C20H23Cl2N3O5S. The van der Waals surface area contributed by atoms with Crippen molar-refractivity contribution < 1.29 is 22.7 Å². The third kappa shape index (κ3) is 6.90. The van der Waals surface area contributed by atoms with Crippen LogP contribution in [0.2, 0.25) is 10.0 Å². The van der Waals surface area contributed by atoms with Gasteiger partial charge in [0.1, 0.15) is 6.04 Å². The van der Waals surface area contributed by atoms with Gasteiger partial charge in [-0.25, -0.2) is 13.4 Å². The van der Waals surface area contributed by atoms with Crippen LogP contribution in [0.4, 0.5) is 5.82 Å². The average Bonchev–Trinajstić information content (AvgIpc) is 2.68. The molecule has 0 unspecified atom stereocenters. The molecule has 1 atom stereocenters. The smallest absolute Gasteiger partial charge is 0.324 e. The van der Waals surface area contributed by atoms with Gasteiger partial charge in [-0.2, -0.15) is 4.72 Å². The van der Waals surface area contributed by atoms with E-state index in [0.29, 0.717) is 10.7 Å². The topological polar surface area (TPSA) is 114 Å². The van der Waals surface area contributed by atoms with Crippen molar-refractivity contribution >= 4 is 50.9 Å². The normalized spacial score (nSPS) is 12.5. The number of anilines is 1. The molecule has 2 rings (SSSR count). The Labute approximate surface area is 191 Å². The standard InChI is InChI=1S/C20H23Cl2N3O5S/c1-11(2)18(25-31(28,29)14-7-5-12(3)6-8-14)20(27)30-10-17(26)24-19-16(22)9-15(21)13(4)23-19/h5-9,11,18,25H,10H2,1-4H3,(H,23,24,26)/t18-/m0/s1. The van der Waals surface area contributed by atoms with Crippen molar-refractivity contribution in [3.63, 3.8) is 0 Å². The Hall–Kier alpha value is -2.20. The second-order valence-corrected chi connectivity index (χ2v) is 9.73. The molecule has 0 bridgehead atoms. The highest BCUT2D eigenvalue weighted by Crippen LogP contribution is 2.25. The van der Waals surface area contributed by atoms with Crippen molar-refractivity contribution in [3.05, 3.63) is 51.6 Å². The maximum absolute atomic E-state index is 12.6. The van der Waals surface area contributed by atoms with Gasteiger partial charge in [-0.15, -0.1) is 0 Å². The highest BCUT2D eigenvalue weighted by Gasteiger charge is 2.30. The summed E-state index contributed by atoms with van der Waals surface area (Å²) in [5.74, 6) is -1.92. The van der Waals surface area contributed by atoms with Crippen molar-refractivity contribution in [2.24, 2.45) is 5.92 Å². The van der Waals surface area contributed by atoms with Gasteiger partial charge < -0.3 is 10.1 Å². The van der Waals surface area contributed by atoms with Crippen molar-refractivity contribution in [3.8, 4) is 0 Å². The number of halogens is 2. The summed E-state index contributed by atoms with van der Waals surface area (Å²) in [6.07, 6.45) is 0. The number of nitrogens with one attached hydrogen (secondary N) is 2. The van der Waals surface area contributed by atoms with E-state index in [1.54, 1.807) is 32.9 Å². The van der Waals surface area contributed by atoms with Crippen LogP contribution in [0.1, 0.15) is 25.1 Å². The van der Waals surface area contributed by atoms with Crippen LogP contribution in [0.15, 0.2) is 35.2 Å². The van der Waals surface area contributed by atoms with Gasteiger partial charge >= 0.3 is 5.97 Å². The number of ether oxygens (including phenoxy) is 1. The fraction of sp³-hybridized carbons (Fsp3) is 0.350. The molecule has 0 aliphatic heterocycles. The minimum Gasteiger partial charge on any atom is -0.454 e. The maximum Gasteiger partial charge on any atom is 0.324 e. The highest BCUT2D eigenvalue weighted by atomic mass is 35.5. The van der Waals surface area contributed by atoms with E-state index < -0.39 is 40.5 Å². The van der Waals surface area contributed by atoms with Crippen LogP contribution in [0.3, 0.4) is 0 Å². The summed E-state index contributed by atoms with van der Waals surface area (Å²) in [6.45, 7) is 6.14. The first kappa shape index (κ1) is 25.1. The highest BCUT2D eigenvalue weighted by molar-refractivity contribution is 7.89. The monoisotopic (exact) mass is 487 g/mol. The van der Waals surface area contributed by atoms with Gasteiger partial charge in [0, 0.05) is 0 Å². The van der Waals surface area contributed by atoms with Crippen LogP contribution in [-0.4, -0.2) is 37.9 Å². The molecule has 11 heteroatoms. The molecule has 31 heavy (non-hydrogen) atoms. The third-order valence-corrected chi connectivity index (χ3v) is 6.37. The maximum atomic E-state index is 12.6. The van der Waals surface area contributed by atoms with Crippen LogP contribution in [0.25, 0.3) is 0 Å². The van der Waals surface area contributed by atoms with Crippen molar-refractivity contribution in [1.29, 1.82) is 0 Å². The Kier molecular flexibility index (Phi) is 8.41. The summed E-state index contributed by atoms with van der Waals surface area (Å²) in [7, 11) is -3.96. The zero-order valence-electron chi connectivity index (χ0n) is 17.4. The number of sulfonamides is 1. The number of amides is 1. The molecule has 1 aromatic heterocycles. The van der Waals surface area contributed by atoms with E-state index in [1.165, 1.54) is 18.2 Å². The largest absolute Gasteiger partial charge is 0.454 e. The lowest BCUT2D eigenvalue weighted by molar-refractivity contribution is -0.150. The Balaban J connectivity index is 2.03. The van der Waals surface area contributed by atoms with Gasteiger partial charge in [0.15, 0.2) is 12.4 Å².